The maximum atomic E-state index is 12.5. The average Bonchev–Trinajstić information content (AvgIpc) is 3.29. The molecule has 0 unspecified atom stereocenters. The van der Waals surface area contributed by atoms with Gasteiger partial charge in [0.15, 0.2) is 5.69 Å². The molecule has 2 aliphatic rings. The quantitative estimate of drug-likeness (QED) is 0.662. The van der Waals surface area contributed by atoms with Crippen LogP contribution in [0.5, 0.6) is 0 Å². The molecule has 6 heteroatoms. The lowest BCUT2D eigenvalue weighted by Crippen LogP contribution is -2.61. The SMILES string of the molecule is O=C(c1csnn1)N1CCC2(CC1)CN(C(c1ccccc1)c1ccccc1)C2. The Morgan fingerprint density at radius 2 is 1.52 bits per heavy atom. The Labute approximate surface area is 175 Å². The van der Waals surface area contributed by atoms with Crippen LogP contribution >= 0.6 is 11.5 Å². The normalized spacial score (nSPS) is 18.7. The number of likely N-dealkylation sites (tertiary alicyclic amines) is 2. The van der Waals surface area contributed by atoms with Gasteiger partial charge in [0.05, 0.1) is 6.04 Å². The molecule has 0 saturated carbocycles. The molecule has 0 bridgehead atoms. The standard InChI is InChI=1S/C23H24N4OS/c28-22(20-15-29-25-24-20)26-13-11-23(12-14-26)16-27(17-23)21(18-7-3-1-4-8-18)19-9-5-2-6-10-19/h1-10,15,21H,11-14,16-17H2. The van der Waals surface area contributed by atoms with Gasteiger partial charge >= 0.3 is 0 Å². The van der Waals surface area contributed by atoms with Crippen molar-refractivity contribution in [1.29, 1.82) is 0 Å². The Kier molecular flexibility index (Phi) is 4.89. The number of piperidine rings is 1. The highest BCUT2D eigenvalue weighted by Gasteiger charge is 2.48. The van der Waals surface area contributed by atoms with E-state index in [-0.39, 0.29) is 5.91 Å². The zero-order valence-electron chi connectivity index (χ0n) is 16.3. The van der Waals surface area contributed by atoms with Gasteiger partial charge in [-0.3, -0.25) is 9.69 Å². The predicted octanol–water partition coefficient (Wildman–Crippen LogP) is 3.87. The number of hydrogen-bond acceptors (Lipinski definition) is 5. The maximum absolute atomic E-state index is 12.5. The molecule has 3 aromatic rings. The summed E-state index contributed by atoms with van der Waals surface area (Å²) < 4.78 is 3.82. The lowest BCUT2D eigenvalue weighted by Gasteiger charge is -2.56. The first-order valence-electron chi connectivity index (χ1n) is 10.1. The predicted molar refractivity (Wildman–Crippen MR) is 114 cm³/mol. The minimum Gasteiger partial charge on any atom is -0.337 e. The molecule has 1 spiro atoms. The van der Waals surface area contributed by atoms with E-state index in [0.29, 0.717) is 17.2 Å². The number of benzene rings is 2. The van der Waals surface area contributed by atoms with Crippen LogP contribution in [-0.4, -0.2) is 51.5 Å². The van der Waals surface area contributed by atoms with Crippen molar-refractivity contribution in [2.24, 2.45) is 5.41 Å². The zero-order chi connectivity index (χ0) is 19.7. The van der Waals surface area contributed by atoms with Crippen LogP contribution in [-0.2, 0) is 0 Å². The number of nitrogens with zero attached hydrogens (tertiary/aromatic N) is 4. The summed E-state index contributed by atoms with van der Waals surface area (Å²) in [5, 5.41) is 5.67. The Hall–Kier alpha value is -2.57. The molecular weight excluding hydrogens is 380 g/mol. The van der Waals surface area contributed by atoms with Gasteiger partial charge in [-0.15, -0.1) is 5.10 Å². The molecule has 2 aliphatic heterocycles. The van der Waals surface area contributed by atoms with Crippen molar-refractivity contribution >= 4 is 17.4 Å². The Morgan fingerprint density at radius 3 is 2.03 bits per heavy atom. The Bertz CT molecular complexity index is 906. The molecule has 29 heavy (non-hydrogen) atoms. The van der Waals surface area contributed by atoms with Crippen LogP contribution < -0.4 is 0 Å². The summed E-state index contributed by atoms with van der Waals surface area (Å²) in [6, 6.07) is 21.9. The molecule has 5 nitrogen and oxygen atoms in total. The Balaban J connectivity index is 1.27. The minimum absolute atomic E-state index is 0.0243. The van der Waals surface area contributed by atoms with E-state index in [4.69, 9.17) is 0 Å². The Morgan fingerprint density at radius 1 is 0.931 bits per heavy atom. The number of aromatic nitrogens is 2. The number of amides is 1. The van der Waals surface area contributed by atoms with Gasteiger partial charge in [-0.2, -0.15) is 0 Å². The second-order valence-electron chi connectivity index (χ2n) is 8.21. The minimum atomic E-state index is 0.0243. The van der Waals surface area contributed by atoms with Crippen LogP contribution in [0.25, 0.3) is 0 Å². The van der Waals surface area contributed by atoms with E-state index >= 15 is 0 Å². The molecule has 1 amide bonds. The van der Waals surface area contributed by atoms with Crippen molar-refractivity contribution < 1.29 is 4.79 Å². The largest absolute Gasteiger partial charge is 0.337 e. The summed E-state index contributed by atoms with van der Waals surface area (Å²) in [6.07, 6.45) is 2.12. The van der Waals surface area contributed by atoms with Gasteiger partial charge in [0.25, 0.3) is 5.91 Å². The average molecular weight is 405 g/mol. The first-order chi connectivity index (χ1) is 14.2. The molecule has 2 saturated heterocycles. The molecule has 2 fully saturated rings. The van der Waals surface area contributed by atoms with Gasteiger partial charge in [-0.05, 0) is 40.9 Å². The van der Waals surface area contributed by atoms with E-state index in [0.717, 1.165) is 39.0 Å². The second-order valence-corrected chi connectivity index (χ2v) is 8.82. The smallest absolute Gasteiger partial charge is 0.275 e. The van der Waals surface area contributed by atoms with Crippen LogP contribution in [0.2, 0.25) is 0 Å². The molecule has 0 radical (unpaired) electrons. The van der Waals surface area contributed by atoms with Crippen LogP contribution in [0.15, 0.2) is 66.0 Å². The molecule has 5 rings (SSSR count). The molecule has 0 N–H and O–H groups in total. The zero-order valence-corrected chi connectivity index (χ0v) is 17.1. The number of carbonyl (C=O) groups excluding carboxylic acids is 1. The number of hydrogen-bond donors (Lipinski definition) is 0. The van der Waals surface area contributed by atoms with E-state index in [1.165, 1.54) is 22.7 Å². The topological polar surface area (TPSA) is 49.3 Å². The van der Waals surface area contributed by atoms with Crippen molar-refractivity contribution in [3.8, 4) is 0 Å². The molecule has 0 atom stereocenters. The highest BCUT2D eigenvalue weighted by molar-refractivity contribution is 7.03. The highest BCUT2D eigenvalue weighted by Crippen LogP contribution is 2.46. The second kappa shape index (κ2) is 7.69. The molecule has 1 aromatic heterocycles. The van der Waals surface area contributed by atoms with E-state index in [1.54, 1.807) is 5.38 Å². The summed E-state index contributed by atoms with van der Waals surface area (Å²) >= 11 is 1.23. The first kappa shape index (κ1) is 18.5. The van der Waals surface area contributed by atoms with Gasteiger partial charge in [0.2, 0.25) is 0 Å². The van der Waals surface area contributed by atoms with Gasteiger partial charge < -0.3 is 4.90 Å². The fourth-order valence-corrected chi connectivity index (χ4v) is 5.23. The van der Waals surface area contributed by atoms with Gasteiger partial charge in [-0.1, -0.05) is 65.2 Å². The van der Waals surface area contributed by atoms with Crippen LogP contribution in [0.3, 0.4) is 0 Å². The van der Waals surface area contributed by atoms with Gasteiger partial charge in [-0.25, -0.2) is 0 Å². The van der Waals surface area contributed by atoms with Gasteiger partial charge in [0, 0.05) is 31.6 Å². The van der Waals surface area contributed by atoms with Crippen LogP contribution in [0.1, 0.15) is 40.5 Å². The van der Waals surface area contributed by atoms with E-state index in [2.05, 4.69) is 75.2 Å². The summed E-state index contributed by atoms with van der Waals surface area (Å²) in [4.78, 5) is 17.1. The van der Waals surface area contributed by atoms with Crippen molar-refractivity contribution in [2.75, 3.05) is 26.2 Å². The van der Waals surface area contributed by atoms with E-state index in [9.17, 15) is 4.79 Å². The van der Waals surface area contributed by atoms with Gasteiger partial charge in [0.1, 0.15) is 0 Å². The van der Waals surface area contributed by atoms with Crippen molar-refractivity contribution in [1.82, 2.24) is 19.4 Å². The highest BCUT2D eigenvalue weighted by atomic mass is 32.1. The van der Waals surface area contributed by atoms with Crippen molar-refractivity contribution in [2.45, 2.75) is 18.9 Å². The lowest BCUT2D eigenvalue weighted by molar-refractivity contribution is -0.0580. The maximum Gasteiger partial charge on any atom is 0.275 e. The number of rotatable bonds is 4. The van der Waals surface area contributed by atoms with Crippen LogP contribution in [0.4, 0.5) is 0 Å². The van der Waals surface area contributed by atoms with Crippen molar-refractivity contribution in [3.63, 3.8) is 0 Å². The van der Waals surface area contributed by atoms with E-state index in [1.807, 2.05) is 4.90 Å². The molecule has 148 valence electrons. The lowest BCUT2D eigenvalue weighted by atomic mass is 9.70. The van der Waals surface area contributed by atoms with Crippen molar-refractivity contribution in [3.05, 3.63) is 82.9 Å². The first-order valence-corrected chi connectivity index (χ1v) is 11.0. The van der Waals surface area contributed by atoms with E-state index < -0.39 is 0 Å². The third kappa shape index (κ3) is 3.58. The summed E-state index contributed by atoms with van der Waals surface area (Å²) in [6.45, 7) is 3.79. The third-order valence-corrected chi connectivity index (χ3v) is 6.87. The molecule has 0 aliphatic carbocycles. The molecule has 2 aromatic carbocycles. The number of carbonyl (C=O) groups is 1. The summed E-state index contributed by atoms with van der Waals surface area (Å²) in [5.74, 6) is 0.0243. The third-order valence-electron chi connectivity index (χ3n) is 6.36. The molecule has 3 heterocycles. The van der Waals surface area contributed by atoms with Crippen LogP contribution in [0, 0.1) is 5.41 Å². The fraction of sp³-hybridized carbons (Fsp3) is 0.348. The fourth-order valence-electron chi connectivity index (χ4n) is 4.80. The summed E-state index contributed by atoms with van der Waals surface area (Å²) in [7, 11) is 0. The summed E-state index contributed by atoms with van der Waals surface area (Å²) in [5.41, 5.74) is 3.50. The monoisotopic (exact) mass is 404 g/mol. The molecular formula is C23H24N4OS.